The van der Waals surface area contributed by atoms with Crippen molar-refractivity contribution in [2.45, 2.75) is 13.8 Å². The van der Waals surface area contributed by atoms with Crippen molar-refractivity contribution in [2.75, 3.05) is 31.6 Å². The number of ether oxygens (including phenoxy) is 1. The fourth-order valence-corrected chi connectivity index (χ4v) is 4.94. The summed E-state index contributed by atoms with van der Waals surface area (Å²) in [7, 11) is 0. The predicted octanol–water partition coefficient (Wildman–Crippen LogP) is 5.32. The molecular weight excluding hydrogens is 473 g/mol. The van der Waals surface area contributed by atoms with Crippen LogP contribution < -0.4 is 5.32 Å². The average Bonchev–Trinajstić information content (AvgIpc) is 3.45. The zero-order chi connectivity index (χ0) is 23.9. The molecule has 0 radical (unpaired) electrons. The Kier molecular flexibility index (Phi) is 7.94. The number of thiazole rings is 2. The van der Waals surface area contributed by atoms with Crippen LogP contribution in [0, 0.1) is 19.7 Å². The third-order valence-electron chi connectivity index (χ3n) is 4.92. The van der Waals surface area contributed by atoms with E-state index in [2.05, 4.69) is 20.3 Å². The Morgan fingerprint density at radius 1 is 1.09 bits per heavy atom. The van der Waals surface area contributed by atoms with Crippen LogP contribution in [0.3, 0.4) is 0 Å². The molecule has 176 valence electrons. The van der Waals surface area contributed by atoms with Crippen molar-refractivity contribution in [3.63, 3.8) is 0 Å². The normalized spacial score (nSPS) is 13.2. The fourth-order valence-electron chi connectivity index (χ4n) is 3.27. The van der Waals surface area contributed by atoms with Gasteiger partial charge in [-0.05, 0) is 38.1 Å². The molecular formula is C24H24FN5O2S2. The van der Waals surface area contributed by atoms with Gasteiger partial charge in [-0.3, -0.25) is 4.79 Å². The number of nitrogens with one attached hydrogen (secondary N) is 1. The molecule has 1 aromatic carbocycles. The molecule has 3 aromatic heterocycles. The molecule has 1 N–H and O–H groups in total. The minimum atomic E-state index is -0.178. The van der Waals surface area contributed by atoms with E-state index in [4.69, 9.17) is 4.74 Å². The Labute approximate surface area is 205 Å². The molecule has 5 rings (SSSR count). The second-order valence-electron chi connectivity index (χ2n) is 7.44. The molecule has 7 nitrogen and oxygen atoms in total. The lowest BCUT2D eigenvalue weighted by Gasteiger charge is -2.26. The van der Waals surface area contributed by atoms with Gasteiger partial charge in [0.25, 0.3) is 5.91 Å². The molecule has 0 unspecified atom stereocenters. The average molecular weight is 498 g/mol. The Morgan fingerprint density at radius 3 is 2.44 bits per heavy atom. The van der Waals surface area contributed by atoms with Gasteiger partial charge in [-0.25, -0.2) is 19.3 Å². The van der Waals surface area contributed by atoms with Crippen molar-refractivity contribution in [3.05, 3.63) is 76.1 Å². The summed E-state index contributed by atoms with van der Waals surface area (Å²) in [6, 6.07) is 11.5. The number of halogens is 1. The summed E-state index contributed by atoms with van der Waals surface area (Å²) in [6.45, 7) is 6.41. The molecule has 0 aliphatic carbocycles. The van der Waals surface area contributed by atoms with Crippen molar-refractivity contribution in [2.24, 2.45) is 0 Å². The first-order chi connectivity index (χ1) is 16.5. The Hall–Kier alpha value is -3.21. The van der Waals surface area contributed by atoms with E-state index in [0.717, 1.165) is 26.4 Å². The van der Waals surface area contributed by atoms with Gasteiger partial charge in [0.05, 0.1) is 40.0 Å². The molecule has 10 heteroatoms. The summed E-state index contributed by atoms with van der Waals surface area (Å²) in [5.41, 5.74) is 2.50. The van der Waals surface area contributed by atoms with Crippen molar-refractivity contribution in [3.8, 4) is 10.6 Å². The van der Waals surface area contributed by atoms with E-state index in [1.807, 2.05) is 19.2 Å². The van der Waals surface area contributed by atoms with Crippen LogP contribution in [-0.2, 0) is 4.74 Å². The SMILES string of the molecule is Cc1nc(C)c(-c2csc(Nc3ccc(C(=O)N4CCOCC4)cn3)n2)s1.Fc1ccccc1. The maximum atomic E-state index is 12.5. The van der Waals surface area contributed by atoms with Gasteiger partial charge in [0.15, 0.2) is 5.13 Å². The Morgan fingerprint density at radius 2 is 1.85 bits per heavy atom. The molecule has 0 bridgehead atoms. The highest BCUT2D eigenvalue weighted by atomic mass is 32.1. The van der Waals surface area contributed by atoms with E-state index in [1.165, 1.54) is 23.5 Å². The van der Waals surface area contributed by atoms with Gasteiger partial charge >= 0.3 is 0 Å². The molecule has 4 heterocycles. The van der Waals surface area contributed by atoms with Crippen LogP contribution in [0.1, 0.15) is 21.1 Å². The highest BCUT2D eigenvalue weighted by Crippen LogP contribution is 2.32. The van der Waals surface area contributed by atoms with E-state index < -0.39 is 0 Å². The largest absolute Gasteiger partial charge is 0.378 e. The Balaban J connectivity index is 0.000000336. The summed E-state index contributed by atoms with van der Waals surface area (Å²) in [5, 5.41) is 7.01. The number of hydrogen-bond acceptors (Lipinski definition) is 8. The first kappa shape index (κ1) is 23.9. The summed E-state index contributed by atoms with van der Waals surface area (Å²) >= 11 is 3.16. The number of carbonyl (C=O) groups excluding carboxylic acids is 1. The first-order valence-electron chi connectivity index (χ1n) is 10.7. The summed E-state index contributed by atoms with van der Waals surface area (Å²) in [5.74, 6) is 0.471. The molecule has 34 heavy (non-hydrogen) atoms. The van der Waals surface area contributed by atoms with Crippen LogP contribution in [0.25, 0.3) is 10.6 Å². The van der Waals surface area contributed by atoms with Crippen LogP contribution in [-0.4, -0.2) is 52.1 Å². The number of nitrogens with zero attached hydrogens (tertiary/aromatic N) is 4. The molecule has 1 fully saturated rings. The van der Waals surface area contributed by atoms with E-state index in [0.29, 0.717) is 37.7 Å². The van der Waals surface area contributed by atoms with Crippen molar-refractivity contribution >= 4 is 39.5 Å². The van der Waals surface area contributed by atoms with Crippen molar-refractivity contribution < 1.29 is 13.9 Å². The molecule has 1 amide bonds. The summed E-state index contributed by atoms with van der Waals surface area (Å²) < 4.78 is 17.2. The lowest BCUT2D eigenvalue weighted by Crippen LogP contribution is -2.40. The molecule has 0 atom stereocenters. The van der Waals surface area contributed by atoms with E-state index in [9.17, 15) is 9.18 Å². The van der Waals surface area contributed by atoms with Gasteiger partial charge < -0.3 is 15.0 Å². The zero-order valence-electron chi connectivity index (χ0n) is 18.8. The third kappa shape index (κ3) is 6.22. The quantitative estimate of drug-likeness (QED) is 0.411. The number of morpholine rings is 1. The summed E-state index contributed by atoms with van der Waals surface area (Å²) in [4.78, 5) is 28.8. The van der Waals surface area contributed by atoms with Crippen LogP contribution >= 0.6 is 22.7 Å². The molecule has 1 saturated heterocycles. The number of aromatic nitrogens is 3. The summed E-state index contributed by atoms with van der Waals surface area (Å²) in [6.07, 6.45) is 1.60. The topological polar surface area (TPSA) is 80.2 Å². The number of pyridine rings is 1. The maximum absolute atomic E-state index is 12.5. The van der Waals surface area contributed by atoms with Crippen molar-refractivity contribution in [1.29, 1.82) is 0 Å². The second kappa shape index (κ2) is 11.3. The van der Waals surface area contributed by atoms with Gasteiger partial charge in [-0.2, -0.15) is 0 Å². The number of benzene rings is 1. The molecule has 1 aliphatic rings. The number of amides is 1. The lowest BCUT2D eigenvalue weighted by atomic mass is 10.2. The molecule has 0 spiro atoms. The molecule has 1 aliphatic heterocycles. The van der Waals surface area contributed by atoms with Gasteiger partial charge in [-0.15, -0.1) is 22.7 Å². The van der Waals surface area contributed by atoms with Crippen LogP contribution in [0.2, 0.25) is 0 Å². The molecule has 0 saturated carbocycles. The van der Waals surface area contributed by atoms with Gasteiger partial charge in [-0.1, -0.05) is 18.2 Å². The highest BCUT2D eigenvalue weighted by molar-refractivity contribution is 7.16. The van der Waals surface area contributed by atoms with Gasteiger partial charge in [0, 0.05) is 24.7 Å². The fraction of sp³-hybridized carbons (Fsp3) is 0.250. The zero-order valence-corrected chi connectivity index (χ0v) is 20.5. The number of hydrogen-bond donors (Lipinski definition) is 1. The van der Waals surface area contributed by atoms with Gasteiger partial charge in [0.1, 0.15) is 11.6 Å². The highest BCUT2D eigenvalue weighted by Gasteiger charge is 2.19. The van der Waals surface area contributed by atoms with E-state index in [1.54, 1.807) is 52.8 Å². The second-order valence-corrected chi connectivity index (χ2v) is 9.50. The van der Waals surface area contributed by atoms with Gasteiger partial charge in [0.2, 0.25) is 0 Å². The van der Waals surface area contributed by atoms with E-state index in [-0.39, 0.29) is 11.7 Å². The minimum Gasteiger partial charge on any atom is -0.378 e. The van der Waals surface area contributed by atoms with Crippen LogP contribution in [0.15, 0.2) is 54.0 Å². The molecule has 4 aromatic rings. The smallest absolute Gasteiger partial charge is 0.255 e. The number of aryl methyl sites for hydroxylation is 2. The van der Waals surface area contributed by atoms with Crippen molar-refractivity contribution in [1.82, 2.24) is 19.9 Å². The van der Waals surface area contributed by atoms with Crippen LogP contribution in [0.5, 0.6) is 0 Å². The maximum Gasteiger partial charge on any atom is 0.255 e. The third-order valence-corrected chi connectivity index (χ3v) is 6.77. The van der Waals surface area contributed by atoms with E-state index >= 15 is 0 Å². The minimum absolute atomic E-state index is 0.00933. The Bertz CT molecular complexity index is 1220. The lowest BCUT2D eigenvalue weighted by molar-refractivity contribution is 0.0302. The standard InChI is InChI=1S/C18H19N5O2S2.C6H5F/c1-11-16(27-12(2)20-11)14-10-26-18(21-14)22-15-4-3-13(9-19-15)17(24)23-5-7-25-8-6-23;7-6-4-2-1-3-5-6/h3-4,9-10H,5-8H2,1-2H3,(H,19,21,22);1-5H. The predicted molar refractivity (Wildman–Crippen MR) is 133 cm³/mol. The first-order valence-corrected chi connectivity index (χ1v) is 12.4. The number of carbonyl (C=O) groups is 1. The monoisotopic (exact) mass is 497 g/mol. The number of rotatable bonds is 4. The number of anilines is 2. The van der Waals surface area contributed by atoms with Crippen LogP contribution in [0.4, 0.5) is 15.3 Å².